The van der Waals surface area contributed by atoms with Gasteiger partial charge in [0.05, 0.1) is 11.9 Å². The molecule has 4 rings (SSSR count). The smallest absolute Gasteiger partial charge is 0.322 e. The lowest BCUT2D eigenvalue weighted by atomic mass is 10.0. The molecule has 0 bridgehead atoms. The van der Waals surface area contributed by atoms with Crippen molar-refractivity contribution in [2.45, 2.75) is 45.2 Å². The number of pyridine rings is 1. The number of urea groups is 1. The number of rotatable bonds is 12. The Morgan fingerprint density at radius 1 is 1.08 bits per heavy atom. The summed E-state index contributed by atoms with van der Waals surface area (Å²) in [7, 11) is 0. The maximum Gasteiger partial charge on any atom is 0.322 e. The molecule has 0 saturated carbocycles. The predicted molar refractivity (Wildman–Crippen MR) is 150 cm³/mol. The van der Waals surface area contributed by atoms with E-state index >= 15 is 0 Å². The number of nitriles is 1. The second-order valence-corrected chi connectivity index (χ2v) is 9.06. The molecule has 0 radical (unpaired) electrons. The number of amides is 2. The van der Waals surface area contributed by atoms with Crippen molar-refractivity contribution in [2.75, 3.05) is 16.8 Å². The molecule has 2 amide bonds. The van der Waals surface area contributed by atoms with Crippen LogP contribution in [0.4, 0.5) is 16.3 Å². The van der Waals surface area contributed by atoms with E-state index in [0.29, 0.717) is 12.1 Å². The molecule has 8 heteroatoms. The lowest BCUT2D eigenvalue weighted by Crippen LogP contribution is -2.46. The van der Waals surface area contributed by atoms with Crippen LogP contribution in [-0.4, -0.2) is 33.2 Å². The minimum absolute atomic E-state index is 0.0330. The van der Waals surface area contributed by atoms with E-state index in [9.17, 15) is 4.79 Å². The third-order valence-corrected chi connectivity index (χ3v) is 6.34. The van der Waals surface area contributed by atoms with Crippen LogP contribution in [0.3, 0.4) is 0 Å². The molecule has 0 spiro atoms. The Morgan fingerprint density at radius 3 is 2.55 bits per heavy atom. The number of carbonyl (C=O) groups excluding carboxylic acids is 1. The van der Waals surface area contributed by atoms with Crippen LogP contribution in [0, 0.1) is 11.3 Å². The standard InChI is InChI=1S/C30H33N7O/c1-2-7-27(10-6-17-33-29-16-11-25(20-31)22-34-29)37(30(38)35-21-24-8-4-3-5-9-24)28-14-12-26(13-15-28)36-19-18-32-23-36/h3-5,8-9,11-16,18-19,22-23,27H,2,6-7,10,17,21H2,1H3,(H,33,34)(H,35,38). The van der Waals surface area contributed by atoms with Gasteiger partial charge in [-0.2, -0.15) is 5.26 Å². The lowest BCUT2D eigenvalue weighted by molar-refractivity contribution is 0.242. The minimum atomic E-state index is -0.107. The number of carbonyl (C=O) groups is 1. The first-order valence-corrected chi connectivity index (χ1v) is 13.0. The van der Waals surface area contributed by atoms with Crippen molar-refractivity contribution < 1.29 is 4.79 Å². The first kappa shape index (κ1) is 26.4. The summed E-state index contributed by atoms with van der Waals surface area (Å²) in [6.45, 7) is 3.33. The number of hydrogen-bond acceptors (Lipinski definition) is 5. The SMILES string of the molecule is CCCC(CCCNc1ccc(C#N)cn1)N(C(=O)NCc1ccccc1)c1ccc(-n2ccnc2)cc1. The largest absolute Gasteiger partial charge is 0.370 e. The van der Waals surface area contributed by atoms with E-state index < -0.39 is 0 Å². The quantitative estimate of drug-likeness (QED) is 0.232. The molecular weight excluding hydrogens is 474 g/mol. The molecule has 0 aliphatic rings. The van der Waals surface area contributed by atoms with E-state index in [1.165, 1.54) is 0 Å². The number of nitrogens with one attached hydrogen (secondary N) is 2. The van der Waals surface area contributed by atoms with Gasteiger partial charge in [0.1, 0.15) is 11.9 Å². The van der Waals surface area contributed by atoms with Gasteiger partial charge in [-0.3, -0.25) is 4.90 Å². The van der Waals surface area contributed by atoms with Gasteiger partial charge >= 0.3 is 6.03 Å². The topological polar surface area (TPSA) is 98.9 Å². The van der Waals surface area contributed by atoms with Crippen LogP contribution in [0.5, 0.6) is 0 Å². The van der Waals surface area contributed by atoms with E-state index in [4.69, 9.17) is 5.26 Å². The number of anilines is 2. The normalized spacial score (nSPS) is 11.4. The molecule has 0 fully saturated rings. The molecule has 1 atom stereocenters. The van der Waals surface area contributed by atoms with Crippen molar-refractivity contribution in [1.29, 1.82) is 5.26 Å². The fourth-order valence-electron chi connectivity index (χ4n) is 4.40. The van der Waals surface area contributed by atoms with Crippen LogP contribution in [0.1, 0.15) is 43.7 Å². The second kappa shape index (κ2) is 13.6. The molecule has 194 valence electrons. The molecule has 8 nitrogen and oxygen atoms in total. The number of nitrogens with zero attached hydrogens (tertiary/aromatic N) is 5. The second-order valence-electron chi connectivity index (χ2n) is 9.06. The van der Waals surface area contributed by atoms with Gasteiger partial charge < -0.3 is 15.2 Å². The van der Waals surface area contributed by atoms with Crippen molar-refractivity contribution in [2.24, 2.45) is 0 Å². The molecule has 2 aromatic carbocycles. The van der Waals surface area contributed by atoms with Crippen LogP contribution in [0.15, 0.2) is 91.6 Å². The molecule has 4 aromatic rings. The highest BCUT2D eigenvalue weighted by molar-refractivity contribution is 5.92. The van der Waals surface area contributed by atoms with Gasteiger partial charge in [-0.25, -0.2) is 14.8 Å². The van der Waals surface area contributed by atoms with E-state index in [1.54, 1.807) is 24.8 Å². The highest BCUT2D eigenvalue weighted by Crippen LogP contribution is 2.25. The summed E-state index contributed by atoms with van der Waals surface area (Å²) in [5.74, 6) is 0.739. The zero-order valence-corrected chi connectivity index (χ0v) is 21.6. The maximum atomic E-state index is 13.6. The average molecular weight is 508 g/mol. The maximum absolute atomic E-state index is 13.6. The van der Waals surface area contributed by atoms with Crippen molar-refractivity contribution in [3.8, 4) is 11.8 Å². The van der Waals surface area contributed by atoms with Crippen molar-refractivity contribution in [1.82, 2.24) is 19.9 Å². The Balaban J connectivity index is 1.47. The Morgan fingerprint density at radius 2 is 1.89 bits per heavy atom. The number of hydrogen-bond donors (Lipinski definition) is 2. The van der Waals surface area contributed by atoms with E-state index in [1.807, 2.05) is 76.3 Å². The molecule has 0 aliphatic heterocycles. The van der Waals surface area contributed by atoms with Crippen LogP contribution >= 0.6 is 0 Å². The van der Waals surface area contributed by atoms with Gasteiger partial charge in [0, 0.05) is 49.1 Å². The summed E-state index contributed by atoms with van der Waals surface area (Å²) in [5.41, 5.74) is 3.44. The summed E-state index contributed by atoms with van der Waals surface area (Å²) in [4.78, 5) is 23.9. The van der Waals surface area contributed by atoms with Crippen molar-refractivity contribution in [3.05, 3.63) is 103 Å². The van der Waals surface area contributed by atoms with Gasteiger partial charge in [-0.05, 0) is 61.2 Å². The van der Waals surface area contributed by atoms with Crippen LogP contribution in [-0.2, 0) is 6.54 Å². The molecule has 2 aromatic heterocycles. The Hall–Kier alpha value is -4.64. The van der Waals surface area contributed by atoms with Crippen LogP contribution in [0.2, 0.25) is 0 Å². The average Bonchev–Trinajstić information content (AvgIpc) is 3.51. The fourth-order valence-corrected chi connectivity index (χ4v) is 4.40. The Labute approximate surface area is 224 Å². The van der Waals surface area contributed by atoms with E-state index in [2.05, 4.69) is 33.6 Å². The molecule has 2 N–H and O–H groups in total. The summed E-state index contributed by atoms with van der Waals surface area (Å²) in [5, 5.41) is 15.4. The summed E-state index contributed by atoms with van der Waals surface area (Å²) >= 11 is 0. The molecule has 1 unspecified atom stereocenters. The third-order valence-electron chi connectivity index (χ3n) is 6.34. The molecule has 38 heavy (non-hydrogen) atoms. The van der Waals surface area contributed by atoms with Crippen LogP contribution in [0.25, 0.3) is 5.69 Å². The van der Waals surface area contributed by atoms with E-state index in [-0.39, 0.29) is 12.1 Å². The van der Waals surface area contributed by atoms with E-state index in [0.717, 1.165) is 55.0 Å². The molecule has 0 aliphatic carbocycles. The highest BCUT2D eigenvalue weighted by atomic mass is 16.2. The predicted octanol–water partition coefficient (Wildman–Crippen LogP) is 5.92. The Kier molecular flexibility index (Phi) is 9.46. The first-order valence-electron chi connectivity index (χ1n) is 13.0. The zero-order chi connectivity index (χ0) is 26.6. The number of aromatic nitrogens is 3. The van der Waals surface area contributed by atoms with Crippen molar-refractivity contribution in [3.63, 3.8) is 0 Å². The molecular formula is C30H33N7O. The van der Waals surface area contributed by atoms with Gasteiger partial charge in [0.25, 0.3) is 0 Å². The summed E-state index contributed by atoms with van der Waals surface area (Å²) in [6.07, 6.45) is 10.5. The lowest BCUT2D eigenvalue weighted by Gasteiger charge is -2.32. The minimum Gasteiger partial charge on any atom is -0.370 e. The van der Waals surface area contributed by atoms with Gasteiger partial charge in [-0.1, -0.05) is 43.7 Å². The fraction of sp³-hybridized carbons (Fsp3) is 0.267. The van der Waals surface area contributed by atoms with Crippen molar-refractivity contribution >= 4 is 17.5 Å². The molecule has 0 saturated heterocycles. The van der Waals surface area contributed by atoms with Gasteiger partial charge in [-0.15, -0.1) is 0 Å². The number of imidazole rings is 1. The van der Waals surface area contributed by atoms with Gasteiger partial charge in [0.2, 0.25) is 0 Å². The Bertz CT molecular complexity index is 1300. The van der Waals surface area contributed by atoms with Crippen LogP contribution < -0.4 is 15.5 Å². The number of benzene rings is 2. The molecule has 2 heterocycles. The first-order chi connectivity index (χ1) is 18.7. The third kappa shape index (κ3) is 7.20. The van der Waals surface area contributed by atoms with Gasteiger partial charge in [0.15, 0.2) is 0 Å². The summed E-state index contributed by atoms with van der Waals surface area (Å²) < 4.78 is 1.94. The summed E-state index contributed by atoms with van der Waals surface area (Å²) in [6, 6.07) is 23.5. The monoisotopic (exact) mass is 507 g/mol. The zero-order valence-electron chi connectivity index (χ0n) is 21.6. The highest BCUT2D eigenvalue weighted by Gasteiger charge is 2.24.